The van der Waals surface area contributed by atoms with Gasteiger partial charge in [0.25, 0.3) is 0 Å². The van der Waals surface area contributed by atoms with E-state index in [4.69, 9.17) is 5.14 Å². The topological polar surface area (TPSA) is 85.4 Å². The van der Waals surface area contributed by atoms with Crippen LogP contribution in [0.3, 0.4) is 0 Å². The molecule has 3 aromatic rings. The van der Waals surface area contributed by atoms with Gasteiger partial charge in [-0.05, 0) is 75.0 Å². The zero-order chi connectivity index (χ0) is 21.5. The number of sulfonamides is 1. The Morgan fingerprint density at radius 2 is 1.93 bits per heavy atom. The highest BCUT2D eigenvalue weighted by atomic mass is 32.2. The van der Waals surface area contributed by atoms with Crippen LogP contribution in [0.25, 0.3) is 5.69 Å². The predicted octanol–water partition coefficient (Wildman–Crippen LogP) is 3.82. The Labute approximate surface area is 181 Å². The maximum absolute atomic E-state index is 13.2. The van der Waals surface area contributed by atoms with Gasteiger partial charge in [-0.1, -0.05) is 6.07 Å². The second-order valence-electron chi connectivity index (χ2n) is 7.73. The maximum Gasteiger partial charge on any atom is 0.238 e. The molecule has 30 heavy (non-hydrogen) atoms. The number of Topliss-reactive ketones (excluding diaryl/α,β-unsaturated/α-hetero) is 1. The molecule has 3 heterocycles. The summed E-state index contributed by atoms with van der Waals surface area (Å²) in [7, 11) is -3.74. The summed E-state index contributed by atoms with van der Waals surface area (Å²) >= 11 is 1.75. The van der Waals surface area contributed by atoms with Gasteiger partial charge in [0.2, 0.25) is 10.0 Å². The molecule has 0 spiro atoms. The minimum atomic E-state index is -3.74. The first-order valence-electron chi connectivity index (χ1n) is 9.88. The van der Waals surface area contributed by atoms with Crippen molar-refractivity contribution in [1.82, 2.24) is 9.47 Å². The molecule has 0 amide bonds. The summed E-state index contributed by atoms with van der Waals surface area (Å²) in [5, 5.41) is 7.28. The number of likely N-dealkylation sites (tertiary alicyclic amines) is 1. The second-order valence-corrected chi connectivity index (χ2v) is 10.3. The number of nitrogens with zero attached hydrogens (tertiary/aromatic N) is 2. The van der Waals surface area contributed by atoms with Crippen molar-refractivity contribution in [3.63, 3.8) is 0 Å². The van der Waals surface area contributed by atoms with E-state index >= 15 is 0 Å². The van der Waals surface area contributed by atoms with Gasteiger partial charge in [-0.15, -0.1) is 11.3 Å². The SMILES string of the molecule is Cc1cc(C(=O)CN2CCCC2c2cccs2)c(C)n1-c1ccc(S(N)(=O)=O)cc1. The van der Waals surface area contributed by atoms with E-state index in [1.54, 1.807) is 23.5 Å². The van der Waals surface area contributed by atoms with Gasteiger partial charge >= 0.3 is 0 Å². The maximum atomic E-state index is 13.2. The Morgan fingerprint density at radius 1 is 1.20 bits per heavy atom. The lowest BCUT2D eigenvalue weighted by atomic mass is 10.1. The second kappa shape index (κ2) is 8.11. The summed E-state index contributed by atoms with van der Waals surface area (Å²) in [5.41, 5.74) is 3.29. The first kappa shape index (κ1) is 21.0. The number of nitrogens with two attached hydrogens (primary N) is 1. The Morgan fingerprint density at radius 3 is 2.57 bits per heavy atom. The summed E-state index contributed by atoms with van der Waals surface area (Å²) < 4.78 is 25.0. The van der Waals surface area contributed by atoms with Gasteiger partial charge in [-0.3, -0.25) is 9.69 Å². The quantitative estimate of drug-likeness (QED) is 0.587. The molecule has 158 valence electrons. The van der Waals surface area contributed by atoms with E-state index in [9.17, 15) is 13.2 Å². The number of thiophene rings is 1. The highest BCUT2D eigenvalue weighted by Gasteiger charge is 2.29. The van der Waals surface area contributed by atoms with Gasteiger partial charge in [0.05, 0.1) is 11.4 Å². The molecule has 1 aliphatic heterocycles. The zero-order valence-corrected chi connectivity index (χ0v) is 18.7. The molecule has 1 unspecified atom stereocenters. The van der Waals surface area contributed by atoms with Gasteiger partial charge in [-0.25, -0.2) is 13.6 Å². The Bertz CT molecular complexity index is 1160. The molecular weight excluding hydrogens is 418 g/mol. The van der Waals surface area contributed by atoms with Crippen molar-refractivity contribution in [2.75, 3.05) is 13.1 Å². The van der Waals surface area contributed by atoms with E-state index in [2.05, 4.69) is 22.4 Å². The average molecular weight is 444 g/mol. The Kier molecular flexibility index (Phi) is 5.67. The van der Waals surface area contributed by atoms with Crippen LogP contribution in [0, 0.1) is 13.8 Å². The molecule has 2 aromatic heterocycles. The van der Waals surface area contributed by atoms with Crippen LogP contribution >= 0.6 is 11.3 Å². The summed E-state index contributed by atoms with van der Waals surface area (Å²) in [4.78, 5) is 16.8. The normalized spacial score (nSPS) is 17.5. The van der Waals surface area contributed by atoms with Crippen LogP contribution < -0.4 is 5.14 Å². The third kappa shape index (κ3) is 4.00. The molecule has 0 aliphatic carbocycles. The minimum absolute atomic E-state index is 0.0682. The van der Waals surface area contributed by atoms with Gasteiger partial charge in [-0.2, -0.15) is 0 Å². The highest BCUT2D eigenvalue weighted by Crippen LogP contribution is 2.34. The molecule has 6 nitrogen and oxygen atoms in total. The fourth-order valence-electron chi connectivity index (χ4n) is 4.32. The Balaban J connectivity index is 1.58. The van der Waals surface area contributed by atoms with Crippen molar-refractivity contribution in [2.24, 2.45) is 5.14 Å². The number of aromatic nitrogens is 1. The van der Waals surface area contributed by atoms with E-state index < -0.39 is 10.0 Å². The molecule has 1 saturated heterocycles. The molecule has 8 heteroatoms. The molecule has 0 bridgehead atoms. The van der Waals surface area contributed by atoms with Gasteiger partial charge in [0.1, 0.15) is 0 Å². The van der Waals surface area contributed by atoms with Crippen molar-refractivity contribution in [3.05, 3.63) is 69.7 Å². The number of carbonyl (C=O) groups excluding carboxylic acids is 1. The Hall–Kier alpha value is -2.26. The number of primary sulfonamides is 1. The molecule has 0 saturated carbocycles. The van der Waals surface area contributed by atoms with Crippen molar-refractivity contribution in [1.29, 1.82) is 0 Å². The van der Waals surface area contributed by atoms with Crippen LogP contribution in [0.1, 0.15) is 45.5 Å². The van der Waals surface area contributed by atoms with E-state index in [1.807, 2.05) is 24.5 Å². The van der Waals surface area contributed by atoms with Gasteiger partial charge in [0.15, 0.2) is 5.78 Å². The lowest BCUT2D eigenvalue weighted by Gasteiger charge is -2.22. The van der Waals surface area contributed by atoms with Crippen LogP contribution in [0.2, 0.25) is 0 Å². The largest absolute Gasteiger partial charge is 0.318 e. The first-order chi connectivity index (χ1) is 14.3. The van der Waals surface area contributed by atoms with E-state index in [-0.39, 0.29) is 10.7 Å². The standard InChI is InChI=1S/C22H25N3O3S2/c1-15-13-19(16(2)25(15)17-7-9-18(10-8-17)30(23,27)28)21(26)14-24-11-3-5-20(24)22-6-4-12-29-22/h4,6-10,12-13,20H,3,5,11,14H2,1-2H3,(H2,23,27,28). The summed E-state index contributed by atoms with van der Waals surface area (Å²) in [5.74, 6) is 0.110. The third-order valence-corrected chi connectivity index (χ3v) is 7.64. The van der Waals surface area contributed by atoms with Crippen molar-refractivity contribution in [2.45, 2.75) is 37.6 Å². The summed E-state index contributed by atoms with van der Waals surface area (Å²) in [6.45, 7) is 5.20. The lowest BCUT2D eigenvalue weighted by molar-refractivity contribution is 0.0922. The number of hydrogen-bond acceptors (Lipinski definition) is 5. The number of ketones is 1. The number of hydrogen-bond donors (Lipinski definition) is 1. The van der Waals surface area contributed by atoms with Crippen LogP contribution in [-0.2, 0) is 10.0 Å². The monoisotopic (exact) mass is 443 g/mol. The summed E-state index contributed by atoms with van der Waals surface area (Å²) in [6, 6.07) is 12.8. The van der Waals surface area contributed by atoms with Crippen LogP contribution in [0.5, 0.6) is 0 Å². The average Bonchev–Trinajstić information content (AvgIpc) is 3.42. The third-order valence-electron chi connectivity index (χ3n) is 5.74. The molecule has 1 aliphatic rings. The van der Waals surface area contributed by atoms with E-state index in [0.29, 0.717) is 18.2 Å². The first-order valence-corrected chi connectivity index (χ1v) is 12.3. The molecular formula is C22H25N3O3S2. The van der Waals surface area contributed by atoms with Gasteiger partial charge in [0, 0.05) is 33.6 Å². The number of rotatable bonds is 6. The molecule has 0 radical (unpaired) electrons. The van der Waals surface area contributed by atoms with Crippen LogP contribution in [0.4, 0.5) is 0 Å². The number of carbonyl (C=O) groups is 1. The number of benzene rings is 1. The molecule has 1 atom stereocenters. The van der Waals surface area contributed by atoms with E-state index in [0.717, 1.165) is 36.5 Å². The van der Waals surface area contributed by atoms with Crippen molar-refractivity contribution in [3.8, 4) is 5.69 Å². The van der Waals surface area contributed by atoms with Crippen molar-refractivity contribution < 1.29 is 13.2 Å². The molecule has 4 rings (SSSR count). The van der Waals surface area contributed by atoms with Crippen molar-refractivity contribution >= 4 is 27.1 Å². The van der Waals surface area contributed by atoms with E-state index in [1.165, 1.54) is 17.0 Å². The zero-order valence-electron chi connectivity index (χ0n) is 17.0. The van der Waals surface area contributed by atoms with Crippen LogP contribution in [0.15, 0.2) is 52.7 Å². The minimum Gasteiger partial charge on any atom is -0.318 e. The highest BCUT2D eigenvalue weighted by molar-refractivity contribution is 7.89. The lowest BCUT2D eigenvalue weighted by Crippen LogP contribution is -2.29. The fourth-order valence-corrected chi connectivity index (χ4v) is 5.73. The summed E-state index contributed by atoms with van der Waals surface area (Å²) in [6.07, 6.45) is 2.19. The molecule has 1 aromatic carbocycles. The smallest absolute Gasteiger partial charge is 0.238 e. The molecule has 2 N–H and O–H groups in total. The number of aryl methyl sites for hydroxylation is 1. The van der Waals surface area contributed by atoms with Crippen LogP contribution in [-0.4, -0.2) is 36.8 Å². The fraction of sp³-hybridized carbons (Fsp3) is 0.318. The van der Waals surface area contributed by atoms with Gasteiger partial charge < -0.3 is 4.57 Å². The predicted molar refractivity (Wildman–Crippen MR) is 119 cm³/mol. The molecule has 1 fully saturated rings.